The maximum atomic E-state index is 12.9. The largest absolute Gasteiger partial charge is 0.493 e. The first-order chi connectivity index (χ1) is 15.4. The molecule has 0 aliphatic heterocycles. The highest BCUT2D eigenvalue weighted by molar-refractivity contribution is 6.32. The summed E-state index contributed by atoms with van der Waals surface area (Å²) in [4.78, 5) is 12.9. The van der Waals surface area contributed by atoms with E-state index in [1.165, 1.54) is 0 Å². The summed E-state index contributed by atoms with van der Waals surface area (Å²) in [7, 11) is 1.54. The van der Waals surface area contributed by atoms with Crippen molar-refractivity contribution in [1.82, 2.24) is 5.32 Å². The van der Waals surface area contributed by atoms with Crippen LogP contribution in [0.4, 0.5) is 0 Å². The fourth-order valence-electron chi connectivity index (χ4n) is 3.35. The SMILES string of the molecule is COc1cc(C(=O)N[C@H](C)c2ccc(-c3ccccc3)cc2)cc(Cl)c1OCCC(C)C. The van der Waals surface area contributed by atoms with Crippen LogP contribution in [0.25, 0.3) is 11.1 Å². The summed E-state index contributed by atoms with van der Waals surface area (Å²) in [5, 5.41) is 3.39. The molecule has 0 spiro atoms. The summed E-state index contributed by atoms with van der Waals surface area (Å²) < 4.78 is 11.2. The Bertz CT molecular complexity index is 1030. The molecule has 1 amide bonds. The summed E-state index contributed by atoms with van der Waals surface area (Å²) in [6.07, 6.45) is 0.905. The number of methoxy groups -OCH3 is 1. The Morgan fingerprint density at radius 3 is 2.25 bits per heavy atom. The van der Waals surface area contributed by atoms with Gasteiger partial charge in [-0.1, -0.05) is 80.0 Å². The van der Waals surface area contributed by atoms with Crippen molar-refractivity contribution in [1.29, 1.82) is 0 Å². The molecule has 32 heavy (non-hydrogen) atoms. The monoisotopic (exact) mass is 451 g/mol. The Balaban J connectivity index is 1.70. The minimum absolute atomic E-state index is 0.168. The van der Waals surface area contributed by atoms with Gasteiger partial charge in [0.1, 0.15) is 0 Å². The highest BCUT2D eigenvalue weighted by Gasteiger charge is 2.18. The molecule has 4 nitrogen and oxygen atoms in total. The normalized spacial score (nSPS) is 11.8. The van der Waals surface area contributed by atoms with Gasteiger partial charge in [0, 0.05) is 5.56 Å². The van der Waals surface area contributed by atoms with Crippen LogP contribution in [0.3, 0.4) is 0 Å². The number of carbonyl (C=O) groups excluding carboxylic acids is 1. The first-order valence-electron chi connectivity index (χ1n) is 10.9. The van der Waals surface area contributed by atoms with E-state index < -0.39 is 0 Å². The van der Waals surface area contributed by atoms with E-state index in [0.29, 0.717) is 34.6 Å². The fourth-order valence-corrected chi connectivity index (χ4v) is 3.61. The van der Waals surface area contributed by atoms with E-state index in [1.807, 2.05) is 37.3 Å². The summed E-state index contributed by atoms with van der Waals surface area (Å²) in [6.45, 7) is 6.75. The minimum Gasteiger partial charge on any atom is -0.493 e. The number of amides is 1. The molecule has 3 aromatic rings. The lowest BCUT2D eigenvalue weighted by atomic mass is 10.0. The summed E-state index contributed by atoms with van der Waals surface area (Å²) in [5.74, 6) is 1.22. The minimum atomic E-state index is -0.224. The molecule has 0 unspecified atom stereocenters. The average Bonchev–Trinajstić information content (AvgIpc) is 2.80. The number of ether oxygens (including phenoxy) is 2. The number of carbonyl (C=O) groups is 1. The van der Waals surface area contributed by atoms with E-state index in [2.05, 4.69) is 43.4 Å². The molecular weight excluding hydrogens is 422 g/mol. The molecule has 1 atom stereocenters. The Hall–Kier alpha value is -2.98. The molecule has 3 rings (SSSR count). The second-order valence-electron chi connectivity index (χ2n) is 8.20. The molecule has 3 aromatic carbocycles. The van der Waals surface area contributed by atoms with E-state index in [9.17, 15) is 4.79 Å². The summed E-state index contributed by atoms with van der Waals surface area (Å²) in [5.41, 5.74) is 3.74. The first kappa shape index (κ1) is 23.7. The van der Waals surface area contributed by atoms with Gasteiger partial charge in [-0.05, 0) is 48.1 Å². The van der Waals surface area contributed by atoms with Crippen LogP contribution in [-0.4, -0.2) is 19.6 Å². The van der Waals surface area contributed by atoms with Gasteiger partial charge in [0.15, 0.2) is 11.5 Å². The van der Waals surface area contributed by atoms with E-state index >= 15 is 0 Å². The summed E-state index contributed by atoms with van der Waals surface area (Å²) >= 11 is 6.42. The van der Waals surface area contributed by atoms with Crippen molar-refractivity contribution in [3.05, 3.63) is 82.9 Å². The molecule has 0 aromatic heterocycles. The second kappa shape index (κ2) is 11.1. The maximum Gasteiger partial charge on any atom is 0.251 e. The van der Waals surface area contributed by atoms with Crippen molar-refractivity contribution in [2.75, 3.05) is 13.7 Å². The van der Waals surface area contributed by atoms with Crippen LogP contribution in [0.1, 0.15) is 49.2 Å². The molecule has 0 bridgehead atoms. The zero-order valence-corrected chi connectivity index (χ0v) is 19.8. The van der Waals surface area contributed by atoms with Crippen LogP contribution in [0.2, 0.25) is 5.02 Å². The first-order valence-corrected chi connectivity index (χ1v) is 11.2. The molecular formula is C27H30ClNO3. The molecule has 1 N–H and O–H groups in total. The van der Waals surface area contributed by atoms with Gasteiger partial charge in [0.25, 0.3) is 5.91 Å². The van der Waals surface area contributed by atoms with Crippen molar-refractivity contribution < 1.29 is 14.3 Å². The van der Waals surface area contributed by atoms with Crippen molar-refractivity contribution in [2.24, 2.45) is 5.92 Å². The molecule has 0 saturated carbocycles. The lowest BCUT2D eigenvalue weighted by Crippen LogP contribution is -2.26. The summed E-state index contributed by atoms with van der Waals surface area (Å²) in [6, 6.07) is 21.5. The molecule has 0 fully saturated rings. The third-order valence-electron chi connectivity index (χ3n) is 5.30. The van der Waals surface area contributed by atoms with Crippen LogP contribution in [0.5, 0.6) is 11.5 Å². The quantitative estimate of drug-likeness (QED) is 0.383. The standard InChI is InChI=1S/C27H30ClNO3/c1-18(2)14-15-32-26-24(28)16-23(17-25(26)31-4)27(30)29-19(3)20-10-12-22(13-11-20)21-8-6-5-7-9-21/h5-13,16-19H,14-15H2,1-4H3,(H,29,30)/t19-/m1/s1. The lowest BCUT2D eigenvalue weighted by Gasteiger charge is -2.17. The number of nitrogens with one attached hydrogen (secondary N) is 1. The molecule has 168 valence electrons. The molecule has 5 heteroatoms. The van der Waals surface area contributed by atoms with Gasteiger partial charge in [0.2, 0.25) is 0 Å². The van der Waals surface area contributed by atoms with E-state index in [1.54, 1.807) is 19.2 Å². The number of hydrogen-bond donors (Lipinski definition) is 1. The Morgan fingerprint density at radius 1 is 0.969 bits per heavy atom. The number of benzene rings is 3. The number of rotatable bonds is 9. The van der Waals surface area contributed by atoms with Crippen LogP contribution in [0, 0.1) is 5.92 Å². The van der Waals surface area contributed by atoms with Gasteiger partial charge < -0.3 is 14.8 Å². The van der Waals surface area contributed by atoms with Crippen molar-refractivity contribution in [3.63, 3.8) is 0 Å². The Morgan fingerprint density at radius 2 is 1.62 bits per heavy atom. The topological polar surface area (TPSA) is 47.6 Å². The highest BCUT2D eigenvalue weighted by atomic mass is 35.5. The van der Waals surface area contributed by atoms with Gasteiger partial charge in [-0.3, -0.25) is 4.79 Å². The number of halogens is 1. The highest BCUT2D eigenvalue weighted by Crippen LogP contribution is 2.37. The zero-order chi connectivity index (χ0) is 23.1. The third-order valence-corrected chi connectivity index (χ3v) is 5.58. The predicted molar refractivity (Wildman–Crippen MR) is 131 cm³/mol. The molecule has 0 radical (unpaired) electrons. The maximum absolute atomic E-state index is 12.9. The number of hydrogen-bond acceptors (Lipinski definition) is 3. The van der Waals surface area contributed by atoms with E-state index in [0.717, 1.165) is 23.1 Å². The van der Waals surface area contributed by atoms with Crippen LogP contribution < -0.4 is 14.8 Å². The van der Waals surface area contributed by atoms with Gasteiger partial charge in [0.05, 0.1) is 24.8 Å². The van der Waals surface area contributed by atoms with E-state index in [4.69, 9.17) is 21.1 Å². The van der Waals surface area contributed by atoms with Gasteiger partial charge >= 0.3 is 0 Å². The van der Waals surface area contributed by atoms with Crippen molar-refractivity contribution >= 4 is 17.5 Å². The zero-order valence-electron chi connectivity index (χ0n) is 19.0. The molecule has 0 saturated heterocycles. The van der Waals surface area contributed by atoms with Gasteiger partial charge in [-0.2, -0.15) is 0 Å². The molecule has 0 aliphatic rings. The van der Waals surface area contributed by atoms with Crippen LogP contribution >= 0.6 is 11.6 Å². The predicted octanol–water partition coefficient (Wildman–Crippen LogP) is 6.93. The van der Waals surface area contributed by atoms with Crippen LogP contribution in [-0.2, 0) is 0 Å². The van der Waals surface area contributed by atoms with Crippen molar-refractivity contribution in [3.8, 4) is 22.6 Å². The Labute approximate surface area is 195 Å². The molecule has 0 heterocycles. The second-order valence-corrected chi connectivity index (χ2v) is 8.61. The average molecular weight is 452 g/mol. The fraction of sp³-hybridized carbons (Fsp3) is 0.296. The van der Waals surface area contributed by atoms with Crippen molar-refractivity contribution in [2.45, 2.75) is 33.2 Å². The smallest absolute Gasteiger partial charge is 0.251 e. The van der Waals surface area contributed by atoms with Gasteiger partial charge in [-0.15, -0.1) is 0 Å². The van der Waals surface area contributed by atoms with E-state index in [-0.39, 0.29) is 11.9 Å². The third kappa shape index (κ3) is 6.04. The Kier molecular flexibility index (Phi) is 8.18. The lowest BCUT2D eigenvalue weighted by molar-refractivity contribution is 0.0939. The molecule has 0 aliphatic carbocycles. The van der Waals surface area contributed by atoms with Crippen LogP contribution in [0.15, 0.2) is 66.7 Å². The van der Waals surface area contributed by atoms with Gasteiger partial charge in [-0.25, -0.2) is 0 Å².